The van der Waals surface area contributed by atoms with Gasteiger partial charge in [0.2, 0.25) is 0 Å². The molecule has 0 fully saturated rings. The van der Waals surface area contributed by atoms with Gasteiger partial charge in [-0.1, -0.05) is 40.8 Å². The molecule has 18 heavy (non-hydrogen) atoms. The zero-order chi connectivity index (χ0) is 13.0. The van der Waals surface area contributed by atoms with Crippen LogP contribution in [0.2, 0.25) is 0 Å². The summed E-state index contributed by atoms with van der Waals surface area (Å²) in [6.45, 7) is 2.73. The highest BCUT2D eigenvalue weighted by Crippen LogP contribution is 2.21. The predicted molar refractivity (Wildman–Crippen MR) is 79.3 cm³/mol. The third kappa shape index (κ3) is 3.83. The van der Waals surface area contributed by atoms with E-state index in [0.717, 1.165) is 19.8 Å². The van der Waals surface area contributed by atoms with Crippen molar-refractivity contribution in [1.29, 1.82) is 0 Å². The predicted octanol–water partition coefficient (Wildman–Crippen LogP) is 3.69. The lowest BCUT2D eigenvalue weighted by Crippen LogP contribution is -2.00. The minimum atomic E-state index is 0.670. The van der Waals surface area contributed by atoms with E-state index >= 15 is 0 Å². The van der Waals surface area contributed by atoms with Crippen LogP contribution in [0.4, 0.5) is 0 Å². The third-order valence-electron chi connectivity index (χ3n) is 2.27. The summed E-state index contributed by atoms with van der Waals surface area (Å²) >= 11 is 8.33. The van der Waals surface area contributed by atoms with E-state index in [1.807, 2.05) is 31.3 Å². The zero-order valence-corrected chi connectivity index (χ0v) is 12.7. The first-order valence-corrected chi connectivity index (χ1v) is 7.72. The lowest BCUT2D eigenvalue weighted by Gasteiger charge is -2.04. The Bertz CT molecular complexity index is 559. The molecule has 2 aromatic rings. The Kier molecular flexibility index (Phi) is 4.79. The van der Waals surface area contributed by atoms with Crippen LogP contribution in [0.25, 0.3) is 0 Å². The molecule has 0 N–H and O–H groups in total. The van der Waals surface area contributed by atoms with Crippen LogP contribution in [-0.2, 0) is 7.05 Å². The number of hydrogen-bond acceptors (Lipinski definition) is 5. The molecule has 1 heterocycles. The van der Waals surface area contributed by atoms with Crippen molar-refractivity contribution in [3.05, 3.63) is 33.8 Å². The van der Waals surface area contributed by atoms with E-state index in [1.165, 1.54) is 16.9 Å². The fraction of sp³-hybridized carbons (Fsp3) is 0.333. The molecule has 0 bridgehead atoms. The van der Waals surface area contributed by atoms with Crippen LogP contribution in [-0.4, -0.2) is 22.1 Å². The lowest BCUT2D eigenvalue weighted by atomic mass is 10.2. The van der Waals surface area contributed by atoms with Gasteiger partial charge in [0.1, 0.15) is 5.75 Å². The largest absolute Gasteiger partial charge is 0.493 e. The molecule has 0 spiro atoms. The van der Waals surface area contributed by atoms with Crippen LogP contribution in [0.1, 0.15) is 5.56 Å². The molecule has 6 heteroatoms. The van der Waals surface area contributed by atoms with Crippen LogP contribution < -0.4 is 4.74 Å². The first-order chi connectivity index (χ1) is 8.65. The normalized spacial score (nSPS) is 10.6. The van der Waals surface area contributed by atoms with Crippen LogP contribution in [0.15, 0.2) is 28.6 Å². The quantitative estimate of drug-likeness (QED) is 0.478. The van der Waals surface area contributed by atoms with Gasteiger partial charge in [0, 0.05) is 12.8 Å². The van der Waals surface area contributed by atoms with Crippen molar-refractivity contribution in [2.75, 3.05) is 12.4 Å². The van der Waals surface area contributed by atoms with Gasteiger partial charge in [-0.3, -0.25) is 0 Å². The summed E-state index contributed by atoms with van der Waals surface area (Å²) in [6.07, 6.45) is 0. The smallest absolute Gasteiger partial charge is 0.179 e. The number of nitrogens with zero attached hydrogens (tertiary/aromatic N) is 2. The number of aryl methyl sites for hydroxylation is 2. The number of ether oxygens (including phenoxy) is 1. The summed E-state index contributed by atoms with van der Waals surface area (Å²) < 4.78 is 9.17. The summed E-state index contributed by atoms with van der Waals surface area (Å²) in [5.41, 5.74) is 1.24. The maximum absolute atomic E-state index is 5.64. The van der Waals surface area contributed by atoms with Gasteiger partial charge in [-0.25, -0.2) is 4.68 Å². The Hall–Kier alpha value is -0.850. The number of thioether (sulfide) groups is 1. The van der Waals surface area contributed by atoms with Crippen molar-refractivity contribution in [1.82, 2.24) is 9.78 Å². The Morgan fingerprint density at radius 1 is 1.39 bits per heavy atom. The summed E-state index contributed by atoms with van der Waals surface area (Å²) in [5.74, 6) is 1.78. The van der Waals surface area contributed by atoms with Gasteiger partial charge in [-0.2, -0.15) is 5.10 Å². The zero-order valence-electron chi connectivity index (χ0n) is 10.3. The third-order valence-corrected chi connectivity index (χ3v) is 4.78. The van der Waals surface area contributed by atoms with E-state index in [4.69, 9.17) is 17.0 Å². The second-order valence-corrected chi connectivity index (χ2v) is 6.73. The fourth-order valence-corrected chi connectivity index (χ4v) is 3.47. The standard InChI is InChI=1S/C12H14N2OS3/c1-9-3-5-10(6-4-9)15-7-8-17-11-13-14(2)12(16)18-11/h3-6H,7-8H2,1-2H3. The van der Waals surface area contributed by atoms with Crippen LogP contribution in [0.3, 0.4) is 0 Å². The number of benzene rings is 1. The molecule has 0 atom stereocenters. The van der Waals surface area contributed by atoms with Crippen molar-refractivity contribution in [3.63, 3.8) is 0 Å². The van der Waals surface area contributed by atoms with E-state index in [0.29, 0.717) is 6.61 Å². The summed E-state index contributed by atoms with van der Waals surface area (Å²) in [7, 11) is 1.87. The van der Waals surface area contributed by atoms with E-state index in [1.54, 1.807) is 16.4 Å². The molecule has 0 aliphatic carbocycles. The lowest BCUT2D eigenvalue weighted by molar-refractivity contribution is 0.344. The molecule has 0 aliphatic heterocycles. The molecule has 1 aromatic heterocycles. The van der Waals surface area contributed by atoms with Crippen molar-refractivity contribution in [2.45, 2.75) is 11.3 Å². The number of hydrogen-bond donors (Lipinski definition) is 0. The van der Waals surface area contributed by atoms with Gasteiger partial charge < -0.3 is 4.74 Å². The van der Waals surface area contributed by atoms with Gasteiger partial charge in [0.25, 0.3) is 0 Å². The molecule has 0 saturated carbocycles. The summed E-state index contributed by atoms with van der Waals surface area (Å²) in [4.78, 5) is 0. The summed E-state index contributed by atoms with van der Waals surface area (Å²) in [5, 5.41) is 4.30. The minimum absolute atomic E-state index is 0.670. The Labute approximate surface area is 120 Å². The molecule has 1 aromatic carbocycles. The molecule has 0 aliphatic rings. The molecule has 0 unspecified atom stereocenters. The van der Waals surface area contributed by atoms with Crippen molar-refractivity contribution in [2.24, 2.45) is 7.05 Å². The van der Waals surface area contributed by atoms with Crippen molar-refractivity contribution < 1.29 is 4.74 Å². The summed E-state index contributed by atoms with van der Waals surface area (Å²) in [6, 6.07) is 8.08. The Morgan fingerprint density at radius 3 is 2.72 bits per heavy atom. The average Bonchev–Trinajstić information content (AvgIpc) is 2.67. The monoisotopic (exact) mass is 298 g/mol. The van der Waals surface area contributed by atoms with Gasteiger partial charge in [0.05, 0.1) is 6.61 Å². The molecule has 2 rings (SSSR count). The first kappa shape index (κ1) is 13.6. The molecule has 0 radical (unpaired) electrons. The van der Waals surface area contributed by atoms with Crippen LogP contribution in [0, 0.1) is 10.9 Å². The highest BCUT2D eigenvalue weighted by Gasteiger charge is 2.01. The van der Waals surface area contributed by atoms with Crippen LogP contribution in [0.5, 0.6) is 5.75 Å². The van der Waals surface area contributed by atoms with Crippen molar-refractivity contribution in [3.8, 4) is 5.75 Å². The molecule has 0 saturated heterocycles. The van der Waals surface area contributed by atoms with E-state index < -0.39 is 0 Å². The maximum atomic E-state index is 5.64. The molecule has 96 valence electrons. The van der Waals surface area contributed by atoms with E-state index in [2.05, 4.69) is 12.0 Å². The number of rotatable bonds is 5. The highest BCUT2D eigenvalue weighted by molar-refractivity contribution is 8.01. The second-order valence-electron chi connectivity index (χ2n) is 3.77. The SMILES string of the molecule is Cc1ccc(OCCSc2nn(C)c(=S)s2)cc1. The van der Waals surface area contributed by atoms with Crippen LogP contribution >= 0.6 is 35.3 Å². The molecule has 0 amide bonds. The van der Waals surface area contributed by atoms with E-state index in [9.17, 15) is 0 Å². The maximum Gasteiger partial charge on any atom is 0.179 e. The van der Waals surface area contributed by atoms with Gasteiger partial charge >= 0.3 is 0 Å². The van der Waals surface area contributed by atoms with Gasteiger partial charge in [0.15, 0.2) is 8.29 Å². The van der Waals surface area contributed by atoms with Crippen molar-refractivity contribution >= 4 is 35.3 Å². The minimum Gasteiger partial charge on any atom is -0.493 e. The molecular formula is C12H14N2OS3. The van der Waals surface area contributed by atoms with Gasteiger partial charge in [-0.05, 0) is 31.3 Å². The topological polar surface area (TPSA) is 27.1 Å². The highest BCUT2D eigenvalue weighted by atomic mass is 32.2. The molecular weight excluding hydrogens is 284 g/mol. The van der Waals surface area contributed by atoms with Gasteiger partial charge in [-0.15, -0.1) is 0 Å². The molecule has 3 nitrogen and oxygen atoms in total. The number of aromatic nitrogens is 2. The second kappa shape index (κ2) is 6.36. The Morgan fingerprint density at radius 2 is 2.11 bits per heavy atom. The fourth-order valence-electron chi connectivity index (χ4n) is 1.31. The average molecular weight is 298 g/mol. The van der Waals surface area contributed by atoms with E-state index in [-0.39, 0.29) is 0 Å². The first-order valence-electron chi connectivity index (χ1n) is 5.51. The Balaban J connectivity index is 1.76.